The number of nitrogens with zero attached hydrogens (tertiary/aromatic N) is 1. The predicted octanol–water partition coefficient (Wildman–Crippen LogP) is 1.12. The first-order valence-corrected chi connectivity index (χ1v) is 8.18. The van der Waals surface area contributed by atoms with E-state index in [4.69, 9.17) is 0 Å². The summed E-state index contributed by atoms with van der Waals surface area (Å²) in [4.78, 5) is 4.34. The lowest BCUT2D eigenvalue weighted by molar-refractivity contribution is 0.539. The maximum atomic E-state index is 12.5. The fourth-order valence-electron chi connectivity index (χ4n) is 2.52. The highest BCUT2D eigenvalue weighted by Gasteiger charge is 2.20. The summed E-state index contributed by atoms with van der Waals surface area (Å²) in [7, 11) is -3.48. The Morgan fingerprint density at radius 2 is 2.25 bits per heavy atom. The summed E-state index contributed by atoms with van der Waals surface area (Å²) in [5.74, 6) is 0.376. The molecule has 0 aliphatic carbocycles. The molecule has 1 unspecified atom stereocenters. The molecule has 1 aliphatic heterocycles. The molecule has 1 aromatic carbocycles. The lowest BCUT2D eigenvalue weighted by Gasteiger charge is -2.12. The summed E-state index contributed by atoms with van der Waals surface area (Å²) in [5, 5.41) is 4.77. The van der Waals surface area contributed by atoms with Crippen LogP contribution in [-0.2, 0) is 10.0 Å². The van der Waals surface area contributed by atoms with E-state index in [1.54, 1.807) is 30.6 Å². The van der Waals surface area contributed by atoms with Crippen molar-refractivity contribution in [3.63, 3.8) is 0 Å². The third-order valence-corrected chi connectivity index (χ3v) is 5.14. The standard InChI is InChI=1S/C14H17N3O2S/c18-20(19,17-9-11-4-6-15-8-11)14-3-1-2-12-10-16-7-5-13(12)14/h1-3,5,7,10-11,15,17H,4,6,8-9H2. The van der Waals surface area contributed by atoms with E-state index in [1.807, 2.05) is 6.07 Å². The summed E-state index contributed by atoms with van der Waals surface area (Å²) in [5.41, 5.74) is 0. The zero-order valence-corrected chi connectivity index (χ0v) is 11.9. The SMILES string of the molecule is O=S(=O)(NCC1CCNC1)c1cccc2cnccc12. The van der Waals surface area contributed by atoms with E-state index in [2.05, 4.69) is 15.0 Å². The molecule has 2 aromatic rings. The van der Waals surface area contributed by atoms with E-state index in [0.29, 0.717) is 22.7 Å². The summed E-state index contributed by atoms with van der Waals surface area (Å²) >= 11 is 0. The molecule has 1 saturated heterocycles. The third kappa shape index (κ3) is 2.67. The monoisotopic (exact) mass is 291 g/mol. The number of rotatable bonds is 4. The predicted molar refractivity (Wildman–Crippen MR) is 77.9 cm³/mol. The highest BCUT2D eigenvalue weighted by molar-refractivity contribution is 7.89. The van der Waals surface area contributed by atoms with Gasteiger partial charge in [0.15, 0.2) is 0 Å². The second-order valence-electron chi connectivity index (χ2n) is 5.06. The van der Waals surface area contributed by atoms with Crippen molar-refractivity contribution in [2.75, 3.05) is 19.6 Å². The van der Waals surface area contributed by atoms with Crippen molar-refractivity contribution in [2.24, 2.45) is 5.92 Å². The minimum Gasteiger partial charge on any atom is -0.316 e. The normalized spacial score (nSPS) is 19.5. The van der Waals surface area contributed by atoms with Crippen molar-refractivity contribution in [3.8, 4) is 0 Å². The average Bonchev–Trinajstić information content (AvgIpc) is 2.98. The Bertz CT molecular complexity index is 704. The summed E-state index contributed by atoms with van der Waals surface area (Å²) in [6.07, 6.45) is 4.31. The lowest BCUT2D eigenvalue weighted by Crippen LogP contribution is -2.30. The van der Waals surface area contributed by atoms with Gasteiger partial charge in [-0.2, -0.15) is 0 Å². The molecule has 20 heavy (non-hydrogen) atoms. The molecule has 0 spiro atoms. The fraction of sp³-hybridized carbons (Fsp3) is 0.357. The van der Waals surface area contributed by atoms with Crippen molar-refractivity contribution >= 4 is 20.8 Å². The Labute approximate surface area is 118 Å². The van der Waals surface area contributed by atoms with Gasteiger partial charge in [0.2, 0.25) is 10.0 Å². The second kappa shape index (κ2) is 5.47. The van der Waals surface area contributed by atoms with Gasteiger partial charge in [-0.15, -0.1) is 0 Å². The molecule has 6 heteroatoms. The Hall–Kier alpha value is -1.50. The molecule has 0 radical (unpaired) electrons. The van der Waals surface area contributed by atoms with Gasteiger partial charge < -0.3 is 5.32 Å². The van der Waals surface area contributed by atoms with Crippen LogP contribution in [0.1, 0.15) is 6.42 Å². The van der Waals surface area contributed by atoms with Crippen LogP contribution in [0, 0.1) is 5.92 Å². The van der Waals surface area contributed by atoms with Crippen molar-refractivity contribution in [3.05, 3.63) is 36.7 Å². The number of hydrogen-bond donors (Lipinski definition) is 2. The number of sulfonamides is 1. The summed E-state index contributed by atoms with van der Waals surface area (Å²) in [6, 6.07) is 6.98. The molecular weight excluding hydrogens is 274 g/mol. The van der Waals surface area contributed by atoms with Crippen LogP contribution in [-0.4, -0.2) is 33.0 Å². The maximum absolute atomic E-state index is 12.5. The smallest absolute Gasteiger partial charge is 0.241 e. The van der Waals surface area contributed by atoms with Crippen molar-refractivity contribution in [1.29, 1.82) is 0 Å². The van der Waals surface area contributed by atoms with Gasteiger partial charge >= 0.3 is 0 Å². The molecule has 2 N–H and O–H groups in total. The number of pyridine rings is 1. The molecule has 5 nitrogen and oxygen atoms in total. The van der Waals surface area contributed by atoms with Gasteiger partial charge in [0.1, 0.15) is 0 Å². The maximum Gasteiger partial charge on any atom is 0.241 e. The molecule has 1 aliphatic rings. The van der Waals surface area contributed by atoms with Gasteiger partial charge in [0, 0.05) is 29.7 Å². The topological polar surface area (TPSA) is 71.1 Å². The Balaban J connectivity index is 1.88. The minimum atomic E-state index is -3.48. The van der Waals surface area contributed by atoms with E-state index in [0.717, 1.165) is 24.9 Å². The van der Waals surface area contributed by atoms with Crippen LogP contribution >= 0.6 is 0 Å². The zero-order chi connectivity index (χ0) is 14.0. The molecule has 1 atom stereocenters. The van der Waals surface area contributed by atoms with E-state index in [-0.39, 0.29) is 0 Å². The molecule has 0 amide bonds. The highest BCUT2D eigenvalue weighted by Crippen LogP contribution is 2.22. The molecule has 3 rings (SSSR count). The van der Waals surface area contributed by atoms with Crippen LogP contribution in [0.3, 0.4) is 0 Å². The number of hydrogen-bond acceptors (Lipinski definition) is 4. The summed E-state index contributed by atoms with van der Waals surface area (Å²) in [6.45, 7) is 2.32. The molecule has 0 saturated carbocycles. The van der Waals surface area contributed by atoms with Crippen LogP contribution < -0.4 is 10.0 Å². The molecule has 0 bridgehead atoms. The van der Waals surface area contributed by atoms with Gasteiger partial charge in [-0.25, -0.2) is 13.1 Å². The van der Waals surface area contributed by atoms with E-state index in [1.165, 1.54) is 0 Å². The van der Waals surface area contributed by atoms with Crippen molar-refractivity contribution in [2.45, 2.75) is 11.3 Å². The number of benzene rings is 1. The van der Waals surface area contributed by atoms with Gasteiger partial charge in [0.25, 0.3) is 0 Å². The van der Waals surface area contributed by atoms with Gasteiger partial charge in [-0.1, -0.05) is 12.1 Å². The number of nitrogens with one attached hydrogen (secondary N) is 2. The van der Waals surface area contributed by atoms with Crippen molar-refractivity contribution in [1.82, 2.24) is 15.0 Å². The number of aromatic nitrogens is 1. The minimum absolute atomic E-state index is 0.323. The first-order chi connectivity index (χ1) is 9.67. The van der Waals surface area contributed by atoms with Crippen LogP contribution in [0.5, 0.6) is 0 Å². The largest absolute Gasteiger partial charge is 0.316 e. The van der Waals surface area contributed by atoms with Crippen LogP contribution in [0.2, 0.25) is 0 Å². The highest BCUT2D eigenvalue weighted by atomic mass is 32.2. The van der Waals surface area contributed by atoms with Crippen LogP contribution in [0.4, 0.5) is 0 Å². The van der Waals surface area contributed by atoms with Gasteiger partial charge in [0.05, 0.1) is 4.90 Å². The van der Waals surface area contributed by atoms with E-state index < -0.39 is 10.0 Å². The quantitative estimate of drug-likeness (QED) is 0.885. The number of fused-ring (bicyclic) bond motifs is 1. The van der Waals surface area contributed by atoms with Crippen molar-refractivity contribution < 1.29 is 8.42 Å². The lowest BCUT2D eigenvalue weighted by atomic mass is 10.1. The van der Waals surface area contributed by atoms with Crippen LogP contribution in [0.15, 0.2) is 41.6 Å². The fourth-order valence-corrected chi connectivity index (χ4v) is 3.86. The Morgan fingerprint density at radius 1 is 1.35 bits per heavy atom. The average molecular weight is 291 g/mol. The van der Waals surface area contributed by atoms with Crippen LogP contribution in [0.25, 0.3) is 10.8 Å². The van der Waals surface area contributed by atoms with E-state index in [9.17, 15) is 8.42 Å². The molecule has 1 fully saturated rings. The molecule has 106 valence electrons. The third-order valence-electron chi connectivity index (χ3n) is 3.65. The summed E-state index contributed by atoms with van der Waals surface area (Å²) < 4.78 is 27.6. The molecule has 1 aromatic heterocycles. The zero-order valence-electron chi connectivity index (χ0n) is 11.0. The molecular formula is C14H17N3O2S. The second-order valence-corrected chi connectivity index (χ2v) is 6.80. The first-order valence-electron chi connectivity index (χ1n) is 6.70. The Morgan fingerprint density at radius 3 is 3.05 bits per heavy atom. The molecule has 2 heterocycles. The van der Waals surface area contributed by atoms with Gasteiger partial charge in [-0.3, -0.25) is 4.98 Å². The van der Waals surface area contributed by atoms with Gasteiger partial charge in [-0.05, 0) is 37.6 Å². The Kier molecular flexibility index (Phi) is 3.69. The van der Waals surface area contributed by atoms with E-state index >= 15 is 0 Å². The first kappa shape index (κ1) is 13.5.